The third-order valence-electron chi connectivity index (χ3n) is 3.11. The topological polar surface area (TPSA) is 47.0 Å². The van der Waals surface area contributed by atoms with Crippen molar-refractivity contribution in [2.24, 2.45) is 0 Å². The highest BCUT2D eigenvalue weighted by Crippen LogP contribution is 2.26. The van der Waals surface area contributed by atoms with Crippen LogP contribution in [0.3, 0.4) is 0 Å². The van der Waals surface area contributed by atoms with Gasteiger partial charge in [-0.2, -0.15) is 0 Å². The van der Waals surface area contributed by atoms with Crippen molar-refractivity contribution in [3.63, 3.8) is 0 Å². The summed E-state index contributed by atoms with van der Waals surface area (Å²) in [5.74, 6) is 2.33. The predicted molar refractivity (Wildman–Crippen MR) is 90.2 cm³/mol. The molecule has 3 aromatic rings. The maximum absolute atomic E-state index is 5.78. The number of hydrogen-bond acceptors (Lipinski definition) is 5. The number of halogens is 1. The SMILES string of the molecule is CNc1nc(COc2ccc(Br)c(C)c2)nc2sccc12. The van der Waals surface area contributed by atoms with Gasteiger partial charge in [-0.25, -0.2) is 9.97 Å². The molecule has 6 heteroatoms. The molecule has 21 heavy (non-hydrogen) atoms. The number of benzene rings is 1. The first-order chi connectivity index (χ1) is 10.2. The molecule has 0 aliphatic carbocycles. The van der Waals surface area contributed by atoms with Crippen LogP contribution in [0, 0.1) is 6.92 Å². The second-order valence-corrected chi connectivity index (χ2v) is 6.33. The first-order valence-corrected chi connectivity index (χ1v) is 8.15. The Morgan fingerprint density at radius 3 is 2.90 bits per heavy atom. The Bertz CT molecular complexity index is 788. The van der Waals surface area contributed by atoms with Crippen LogP contribution in [0.4, 0.5) is 5.82 Å². The summed E-state index contributed by atoms with van der Waals surface area (Å²) in [5.41, 5.74) is 1.14. The Labute approximate surface area is 135 Å². The summed E-state index contributed by atoms with van der Waals surface area (Å²) < 4.78 is 6.86. The summed E-state index contributed by atoms with van der Waals surface area (Å²) in [6.45, 7) is 2.38. The van der Waals surface area contributed by atoms with Gasteiger partial charge < -0.3 is 10.1 Å². The first kappa shape index (κ1) is 14.3. The number of rotatable bonds is 4. The van der Waals surface area contributed by atoms with Gasteiger partial charge in [-0.1, -0.05) is 15.9 Å². The van der Waals surface area contributed by atoms with E-state index in [0.717, 1.165) is 31.8 Å². The minimum absolute atomic E-state index is 0.351. The number of nitrogens with zero attached hydrogens (tertiary/aromatic N) is 2. The smallest absolute Gasteiger partial charge is 0.169 e. The highest BCUT2D eigenvalue weighted by molar-refractivity contribution is 9.10. The lowest BCUT2D eigenvalue weighted by Gasteiger charge is -2.08. The highest BCUT2D eigenvalue weighted by atomic mass is 79.9. The molecule has 4 nitrogen and oxygen atoms in total. The minimum atomic E-state index is 0.351. The molecule has 0 aliphatic rings. The monoisotopic (exact) mass is 363 g/mol. The Morgan fingerprint density at radius 2 is 2.14 bits per heavy atom. The molecular formula is C15H14BrN3OS. The van der Waals surface area contributed by atoms with E-state index in [9.17, 15) is 0 Å². The molecule has 0 bridgehead atoms. The molecule has 0 spiro atoms. The van der Waals surface area contributed by atoms with Crippen molar-refractivity contribution in [3.05, 3.63) is 45.5 Å². The van der Waals surface area contributed by atoms with Crippen molar-refractivity contribution in [1.29, 1.82) is 0 Å². The fourth-order valence-corrected chi connectivity index (χ4v) is 3.04. The maximum Gasteiger partial charge on any atom is 0.169 e. The molecule has 2 heterocycles. The van der Waals surface area contributed by atoms with Gasteiger partial charge in [-0.3, -0.25) is 0 Å². The zero-order valence-corrected chi connectivity index (χ0v) is 14.1. The van der Waals surface area contributed by atoms with Crippen LogP contribution in [-0.4, -0.2) is 17.0 Å². The van der Waals surface area contributed by atoms with E-state index < -0.39 is 0 Å². The third kappa shape index (κ3) is 3.01. The van der Waals surface area contributed by atoms with Crippen LogP contribution in [0.1, 0.15) is 11.4 Å². The summed E-state index contributed by atoms with van der Waals surface area (Å²) in [7, 11) is 1.86. The van der Waals surface area contributed by atoms with E-state index in [0.29, 0.717) is 12.4 Å². The van der Waals surface area contributed by atoms with E-state index in [1.807, 2.05) is 43.6 Å². The molecule has 108 valence electrons. The summed E-state index contributed by atoms with van der Waals surface area (Å²) >= 11 is 5.08. The van der Waals surface area contributed by atoms with Crippen molar-refractivity contribution >= 4 is 43.3 Å². The lowest BCUT2D eigenvalue weighted by molar-refractivity contribution is 0.296. The molecule has 1 N–H and O–H groups in total. The average molecular weight is 364 g/mol. The van der Waals surface area contributed by atoms with Crippen molar-refractivity contribution in [2.45, 2.75) is 13.5 Å². The highest BCUT2D eigenvalue weighted by Gasteiger charge is 2.08. The van der Waals surface area contributed by atoms with E-state index >= 15 is 0 Å². The van der Waals surface area contributed by atoms with Gasteiger partial charge >= 0.3 is 0 Å². The van der Waals surface area contributed by atoms with E-state index in [2.05, 4.69) is 31.2 Å². The van der Waals surface area contributed by atoms with Crippen molar-refractivity contribution in [1.82, 2.24) is 9.97 Å². The van der Waals surface area contributed by atoms with Crippen LogP contribution in [0.25, 0.3) is 10.2 Å². The molecule has 0 radical (unpaired) electrons. The fraction of sp³-hybridized carbons (Fsp3) is 0.200. The fourth-order valence-electron chi connectivity index (χ4n) is 2.01. The summed E-state index contributed by atoms with van der Waals surface area (Å²) in [6.07, 6.45) is 0. The molecule has 3 rings (SSSR count). The lowest BCUT2D eigenvalue weighted by atomic mass is 10.2. The van der Waals surface area contributed by atoms with Gasteiger partial charge in [0.05, 0.1) is 5.39 Å². The number of thiophene rings is 1. The number of nitrogens with one attached hydrogen (secondary N) is 1. The van der Waals surface area contributed by atoms with Crippen LogP contribution in [-0.2, 0) is 6.61 Å². The first-order valence-electron chi connectivity index (χ1n) is 6.48. The van der Waals surface area contributed by atoms with Gasteiger partial charge in [0.15, 0.2) is 5.82 Å². The Balaban J connectivity index is 1.82. The summed E-state index contributed by atoms with van der Waals surface area (Å²) in [4.78, 5) is 10.0. The molecule has 0 amide bonds. The largest absolute Gasteiger partial charge is 0.486 e. The number of ether oxygens (including phenoxy) is 1. The molecule has 0 fully saturated rings. The lowest BCUT2D eigenvalue weighted by Crippen LogP contribution is -2.04. The molecule has 2 aromatic heterocycles. The van der Waals surface area contributed by atoms with Crippen LogP contribution in [0.5, 0.6) is 5.75 Å². The number of fused-ring (bicyclic) bond motifs is 1. The van der Waals surface area contributed by atoms with Gasteiger partial charge in [0, 0.05) is 11.5 Å². The van der Waals surface area contributed by atoms with Crippen LogP contribution >= 0.6 is 27.3 Å². The Hall–Kier alpha value is -1.66. The molecule has 0 saturated carbocycles. The van der Waals surface area contributed by atoms with Crippen molar-refractivity contribution in [2.75, 3.05) is 12.4 Å². The number of anilines is 1. The second-order valence-electron chi connectivity index (χ2n) is 4.58. The molecule has 1 aromatic carbocycles. The number of aryl methyl sites for hydroxylation is 1. The zero-order chi connectivity index (χ0) is 14.8. The van der Waals surface area contributed by atoms with Gasteiger partial charge in [0.1, 0.15) is 23.0 Å². The minimum Gasteiger partial charge on any atom is -0.486 e. The summed E-state index contributed by atoms with van der Waals surface area (Å²) in [6, 6.07) is 7.92. The van der Waals surface area contributed by atoms with E-state index in [1.54, 1.807) is 11.3 Å². The molecule has 0 atom stereocenters. The molecular weight excluding hydrogens is 350 g/mol. The summed E-state index contributed by atoms with van der Waals surface area (Å²) in [5, 5.41) is 6.17. The average Bonchev–Trinajstić information content (AvgIpc) is 2.96. The van der Waals surface area contributed by atoms with Gasteiger partial charge in [-0.05, 0) is 42.1 Å². The molecule has 0 unspecified atom stereocenters. The quantitative estimate of drug-likeness (QED) is 0.746. The normalized spacial score (nSPS) is 10.8. The van der Waals surface area contributed by atoms with Crippen molar-refractivity contribution in [3.8, 4) is 5.75 Å². The van der Waals surface area contributed by atoms with Crippen LogP contribution in [0.2, 0.25) is 0 Å². The predicted octanol–water partition coefficient (Wildman–Crippen LogP) is 4.38. The maximum atomic E-state index is 5.78. The van der Waals surface area contributed by atoms with Crippen LogP contribution in [0.15, 0.2) is 34.1 Å². The molecule has 0 aliphatic heterocycles. The van der Waals surface area contributed by atoms with Gasteiger partial charge in [-0.15, -0.1) is 11.3 Å². The van der Waals surface area contributed by atoms with E-state index in [1.165, 1.54) is 0 Å². The van der Waals surface area contributed by atoms with E-state index in [-0.39, 0.29) is 0 Å². The van der Waals surface area contributed by atoms with E-state index in [4.69, 9.17) is 4.74 Å². The standard InChI is InChI=1S/C15H14BrN3OS/c1-9-7-10(3-4-12(9)16)20-8-13-18-14(17-2)11-5-6-21-15(11)19-13/h3-7H,8H2,1-2H3,(H,17,18,19). The second kappa shape index (κ2) is 5.99. The Morgan fingerprint density at radius 1 is 1.29 bits per heavy atom. The van der Waals surface area contributed by atoms with Crippen molar-refractivity contribution < 1.29 is 4.74 Å². The van der Waals surface area contributed by atoms with Gasteiger partial charge in [0.2, 0.25) is 0 Å². The third-order valence-corrected chi connectivity index (χ3v) is 4.80. The van der Waals surface area contributed by atoms with Crippen LogP contribution < -0.4 is 10.1 Å². The number of hydrogen-bond donors (Lipinski definition) is 1. The molecule has 0 saturated heterocycles. The zero-order valence-electron chi connectivity index (χ0n) is 11.7. The van der Waals surface area contributed by atoms with Gasteiger partial charge in [0.25, 0.3) is 0 Å². The number of aromatic nitrogens is 2. The Kier molecular flexibility index (Phi) is 4.07.